The standard InChI is InChI=1S/C27H25N7O3/c1-36-18-7-4-6-17(14-18)30-27(35)21-16-24(33-32-21)31-26-19-15-25(37-23(19)10-12-29-26)34-13-5-9-22(34)20-8-2-3-11-28-20/h2-4,6-8,10-12,14-16,22H,5,9,13H2,1H3,(H,30,35)(H2,29,31,32,33). The van der Waals surface area contributed by atoms with Gasteiger partial charge in [0.2, 0.25) is 0 Å². The molecule has 0 aliphatic carbocycles. The van der Waals surface area contributed by atoms with Crippen molar-refractivity contribution in [3.8, 4) is 5.75 Å². The first-order valence-electron chi connectivity index (χ1n) is 12.0. The minimum absolute atomic E-state index is 0.170. The number of nitrogens with zero attached hydrogens (tertiary/aromatic N) is 4. The van der Waals surface area contributed by atoms with Crippen LogP contribution in [0.5, 0.6) is 5.75 Å². The maximum absolute atomic E-state index is 12.7. The molecule has 37 heavy (non-hydrogen) atoms. The molecule has 1 aliphatic rings. The van der Waals surface area contributed by atoms with Gasteiger partial charge in [-0.3, -0.25) is 14.9 Å². The molecule has 1 fully saturated rings. The third kappa shape index (κ3) is 4.56. The number of ether oxygens (including phenoxy) is 1. The van der Waals surface area contributed by atoms with E-state index >= 15 is 0 Å². The highest BCUT2D eigenvalue weighted by Gasteiger charge is 2.29. The Kier molecular flexibility index (Phi) is 5.89. The summed E-state index contributed by atoms with van der Waals surface area (Å²) in [6.45, 7) is 0.891. The van der Waals surface area contributed by atoms with Gasteiger partial charge >= 0.3 is 0 Å². The molecule has 186 valence electrons. The van der Waals surface area contributed by atoms with Gasteiger partial charge in [0, 0.05) is 42.8 Å². The van der Waals surface area contributed by atoms with Crippen molar-refractivity contribution < 1.29 is 13.9 Å². The van der Waals surface area contributed by atoms with E-state index < -0.39 is 0 Å². The summed E-state index contributed by atoms with van der Waals surface area (Å²) in [4.78, 5) is 24.0. The van der Waals surface area contributed by atoms with Crippen LogP contribution in [0.25, 0.3) is 11.0 Å². The molecule has 5 heterocycles. The Hall–Kier alpha value is -4.86. The fraction of sp³-hybridized carbons (Fsp3) is 0.185. The number of nitrogens with one attached hydrogen (secondary N) is 3. The predicted molar refractivity (Wildman–Crippen MR) is 140 cm³/mol. The number of benzene rings is 1. The van der Waals surface area contributed by atoms with Crippen LogP contribution in [-0.4, -0.2) is 39.7 Å². The van der Waals surface area contributed by atoms with Crippen molar-refractivity contribution in [1.82, 2.24) is 20.2 Å². The molecule has 0 spiro atoms. The number of hydrogen-bond donors (Lipinski definition) is 3. The first-order valence-corrected chi connectivity index (χ1v) is 12.0. The van der Waals surface area contributed by atoms with Crippen LogP contribution in [0.1, 0.15) is 35.1 Å². The first kappa shape index (κ1) is 22.6. The van der Waals surface area contributed by atoms with E-state index in [1.807, 2.05) is 36.5 Å². The highest BCUT2D eigenvalue weighted by Crippen LogP contribution is 2.39. The number of furan rings is 1. The lowest BCUT2D eigenvalue weighted by Crippen LogP contribution is -2.22. The highest BCUT2D eigenvalue weighted by atomic mass is 16.5. The number of carbonyl (C=O) groups excluding carboxylic acids is 1. The second kappa shape index (κ2) is 9.65. The molecule has 10 nitrogen and oxygen atoms in total. The molecule has 0 saturated carbocycles. The van der Waals surface area contributed by atoms with Crippen molar-refractivity contribution in [3.63, 3.8) is 0 Å². The van der Waals surface area contributed by atoms with Crippen LogP contribution in [0, 0.1) is 0 Å². The van der Waals surface area contributed by atoms with Gasteiger partial charge < -0.3 is 24.7 Å². The molecular formula is C27H25N7O3. The van der Waals surface area contributed by atoms with E-state index in [-0.39, 0.29) is 11.9 Å². The quantitative estimate of drug-likeness (QED) is 0.278. The number of pyridine rings is 2. The largest absolute Gasteiger partial charge is 0.497 e. The molecular weight excluding hydrogens is 470 g/mol. The van der Waals surface area contributed by atoms with Gasteiger partial charge in [0.1, 0.15) is 22.8 Å². The number of carbonyl (C=O) groups is 1. The lowest BCUT2D eigenvalue weighted by Gasteiger charge is -2.23. The topological polar surface area (TPSA) is 121 Å². The number of amides is 1. The fourth-order valence-electron chi connectivity index (χ4n) is 4.62. The molecule has 1 saturated heterocycles. The van der Waals surface area contributed by atoms with Gasteiger partial charge in [0.15, 0.2) is 11.7 Å². The van der Waals surface area contributed by atoms with Gasteiger partial charge in [0.25, 0.3) is 5.91 Å². The molecule has 5 aromatic rings. The van der Waals surface area contributed by atoms with Gasteiger partial charge in [-0.15, -0.1) is 0 Å². The first-order chi connectivity index (χ1) is 18.2. The number of methoxy groups -OCH3 is 1. The van der Waals surface area contributed by atoms with Crippen molar-refractivity contribution >= 4 is 40.1 Å². The van der Waals surface area contributed by atoms with E-state index in [2.05, 4.69) is 41.8 Å². The number of aromatic amines is 1. The molecule has 3 N–H and O–H groups in total. The van der Waals surface area contributed by atoms with E-state index in [1.54, 1.807) is 37.6 Å². The van der Waals surface area contributed by atoms with E-state index in [0.717, 1.165) is 36.4 Å². The summed E-state index contributed by atoms with van der Waals surface area (Å²) < 4.78 is 11.4. The van der Waals surface area contributed by atoms with Crippen LogP contribution in [-0.2, 0) is 0 Å². The number of fused-ring (bicyclic) bond motifs is 1. The Morgan fingerprint density at radius 3 is 2.92 bits per heavy atom. The average molecular weight is 496 g/mol. The maximum Gasteiger partial charge on any atom is 0.273 e. The Labute approximate surface area is 212 Å². The smallest absolute Gasteiger partial charge is 0.273 e. The van der Waals surface area contributed by atoms with Crippen LogP contribution in [0.15, 0.2) is 77.5 Å². The SMILES string of the molecule is COc1cccc(NC(=O)c2cc(Nc3nccc4oc(N5CCCC5c5ccccn5)cc34)n[nH]2)c1. The molecule has 1 unspecified atom stereocenters. The molecule has 1 aromatic carbocycles. The van der Waals surface area contributed by atoms with Crippen molar-refractivity contribution in [2.24, 2.45) is 0 Å². The second-order valence-electron chi connectivity index (χ2n) is 8.74. The van der Waals surface area contributed by atoms with Gasteiger partial charge in [0.05, 0.1) is 24.2 Å². The maximum atomic E-state index is 12.7. The van der Waals surface area contributed by atoms with Gasteiger partial charge in [-0.2, -0.15) is 5.10 Å². The number of hydrogen-bond acceptors (Lipinski definition) is 8. The van der Waals surface area contributed by atoms with Crippen LogP contribution in [0.3, 0.4) is 0 Å². The van der Waals surface area contributed by atoms with Gasteiger partial charge in [-0.1, -0.05) is 12.1 Å². The minimum atomic E-state index is -0.319. The van der Waals surface area contributed by atoms with E-state index in [9.17, 15) is 4.79 Å². The number of anilines is 4. The Morgan fingerprint density at radius 2 is 2.05 bits per heavy atom. The molecule has 1 atom stereocenters. The van der Waals surface area contributed by atoms with Gasteiger partial charge in [-0.05, 0) is 43.2 Å². The zero-order valence-electron chi connectivity index (χ0n) is 20.1. The zero-order chi connectivity index (χ0) is 25.2. The van der Waals surface area contributed by atoms with Crippen molar-refractivity contribution in [2.75, 3.05) is 29.2 Å². The predicted octanol–water partition coefficient (Wildman–Crippen LogP) is 5.29. The van der Waals surface area contributed by atoms with Crippen molar-refractivity contribution in [1.29, 1.82) is 0 Å². The number of rotatable bonds is 7. The second-order valence-corrected chi connectivity index (χ2v) is 8.74. The zero-order valence-corrected chi connectivity index (χ0v) is 20.1. The lowest BCUT2D eigenvalue weighted by atomic mass is 10.1. The molecule has 10 heteroatoms. The van der Waals surface area contributed by atoms with E-state index in [0.29, 0.717) is 34.3 Å². The molecule has 1 aliphatic heterocycles. The highest BCUT2D eigenvalue weighted by molar-refractivity contribution is 6.03. The van der Waals surface area contributed by atoms with Crippen molar-refractivity contribution in [3.05, 3.63) is 84.4 Å². The Morgan fingerprint density at radius 1 is 1.11 bits per heavy atom. The normalized spacial score (nSPS) is 15.2. The van der Waals surface area contributed by atoms with E-state index in [1.165, 1.54) is 0 Å². The van der Waals surface area contributed by atoms with Crippen molar-refractivity contribution in [2.45, 2.75) is 18.9 Å². The summed E-state index contributed by atoms with van der Waals surface area (Å²) in [6, 6.07) is 18.8. The lowest BCUT2D eigenvalue weighted by molar-refractivity contribution is 0.102. The summed E-state index contributed by atoms with van der Waals surface area (Å²) >= 11 is 0. The number of aromatic nitrogens is 4. The molecule has 0 bridgehead atoms. The number of H-pyrrole nitrogens is 1. The monoisotopic (exact) mass is 495 g/mol. The summed E-state index contributed by atoms with van der Waals surface area (Å²) in [5.41, 5.74) is 2.68. The summed E-state index contributed by atoms with van der Waals surface area (Å²) in [6.07, 6.45) is 5.59. The fourth-order valence-corrected chi connectivity index (χ4v) is 4.62. The third-order valence-electron chi connectivity index (χ3n) is 6.39. The molecule has 4 aromatic heterocycles. The van der Waals surface area contributed by atoms with E-state index in [4.69, 9.17) is 9.15 Å². The molecule has 1 amide bonds. The van der Waals surface area contributed by atoms with Gasteiger partial charge in [-0.25, -0.2) is 4.98 Å². The van der Waals surface area contributed by atoms with Crippen LogP contribution >= 0.6 is 0 Å². The summed E-state index contributed by atoms with van der Waals surface area (Å²) in [5.74, 6) is 2.17. The minimum Gasteiger partial charge on any atom is -0.497 e. The molecule has 6 rings (SSSR count). The van der Waals surface area contributed by atoms with Crippen LogP contribution < -0.4 is 20.3 Å². The average Bonchev–Trinajstić information content (AvgIpc) is 3.69. The van der Waals surface area contributed by atoms with Crippen LogP contribution in [0.4, 0.5) is 23.2 Å². The Bertz CT molecular complexity index is 1550. The Balaban J connectivity index is 1.21. The third-order valence-corrected chi connectivity index (χ3v) is 6.39. The summed E-state index contributed by atoms with van der Waals surface area (Å²) in [7, 11) is 1.58. The molecule has 0 radical (unpaired) electrons. The summed E-state index contributed by atoms with van der Waals surface area (Å²) in [5, 5.41) is 13.9. The van der Waals surface area contributed by atoms with Crippen LogP contribution in [0.2, 0.25) is 0 Å².